The highest BCUT2D eigenvalue weighted by Gasteiger charge is 2.65. The first-order chi connectivity index (χ1) is 16.0. The molecule has 1 amide bonds. The van der Waals surface area contributed by atoms with Gasteiger partial charge in [-0.05, 0) is 35.9 Å². The van der Waals surface area contributed by atoms with Gasteiger partial charge in [-0.15, -0.1) is 0 Å². The normalized spacial score (nSPS) is 25.1. The number of halogens is 1. The van der Waals surface area contributed by atoms with Crippen molar-refractivity contribution in [3.63, 3.8) is 0 Å². The lowest BCUT2D eigenvalue weighted by atomic mass is 9.67. The highest BCUT2D eigenvalue weighted by molar-refractivity contribution is 6.06. The van der Waals surface area contributed by atoms with Crippen molar-refractivity contribution >= 4 is 23.5 Å². The molecular formula is C26H19FN4O2. The molecule has 2 aliphatic rings. The van der Waals surface area contributed by atoms with Crippen LogP contribution in [0.1, 0.15) is 27.4 Å². The SMILES string of the molecule is N#C[C@@]1(C(N)=O)[C@H](c2ccncc2)[C@H](C(=O)c2ccccc2)N2c3ccc(F)cc3C=C[C@@H]21. The average Bonchev–Trinajstić information content (AvgIpc) is 3.16. The summed E-state index contributed by atoms with van der Waals surface area (Å²) in [6, 6.07) is 16.8. The molecule has 2 aromatic carbocycles. The van der Waals surface area contributed by atoms with Crippen LogP contribution in [0.15, 0.2) is 79.1 Å². The molecule has 2 N–H and O–H groups in total. The summed E-state index contributed by atoms with van der Waals surface area (Å²) in [5, 5.41) is 10.4. The zero-order chi connectivity index (χ0) is 23.2. The second-order valence-corrected chi connectivity index (χ2v) is 8.19. The van der Waals surface area contributed by atoms with Crippen molar-refractivity contribution in [2.75, 3.05) is 4.90 Å². The van der Waals surface area contributed by atoms with Gasteiger partial charge in [-0.25, -0.2) is 4.39 Å². The Balaban J connectivity index is 1.81. The molecule has 7 heteroatoms. The highest BCUT2D eigenvalue weighted by Crippen LogP contribution is 2.55. The quantitative estimate of drug-likeness (QED) is 0.629. The fraction of sp³-hybridized carbons (Fsp3) is 0.154. The third kappa shape index (κ3) is 2.95. The number of Topliss-reactive ketones (excluding diaryl/α,β-unsaturated/α-hetero) is 1. The maximum atomic E-state index is 14.0. The zero-order valence-electron chi connectivity index (χ0n) is 17.4. The van der Waals surface area contributed by atoms with E-state index in [1.807, 2.05) is 0 Å². The van der Waals surface area contributed by atoms with Gasteiger partial charge >= 0.3 is 0 Å². The summed E-state index contributed by atoms with van der Waals surface area (Å²) in [5.74, 6) is -2.37. The molecule has 0 bridgehead atoms. The van der Waals surface area contributed by atoms with Crippen molar-refractivity contribution in [1.29, 1.82) is 5.26 Å². The van der Waals surface area contributed by atoms with Crippen LogP contribution in [0.25, 0.3) is 6.08 Å². The average molecular weight is 438 g/mol. The summed E-state index contributed by atoms with van der Waals surface area (Å²) >= 11 is 0. The molecule has 3 heterocycles. The molecule has 2 aliphatic heterocycles. The largest absolute Gasteiger partial charge is 0.368 e. The number of hydrogen-bond donors (Lipinski definition) is 1. The van der Waals surface area contributed by atoms with Gasteiger partial charge in [0, 0.05) is 35.1 Å². The fourth-order valence-corrected chi connectivity index (χ4v) is 5.18. The number of pyridine rings is 1. The van der Waals surface area contributed by atoms with E-state index in [2.05, 4.69) is 11.1 Å². The van der Waals surface area contributed by atoms with E-state index in [0.29, 0.717) is 22.4 Å². The zero-order valence-corrected chi connectivity index (χ0v) is 17.4. The first-order valence-electron chi connectivity index (χ1n) is 10.5. The van der Waals surface area contributed by atoms with Crippen LogP contribution >= 0.6 is 0 Å². The third-order valence-electron chi connectivity index (χ3n) is 6.58. The minimum Gasteiger partial charge on any atom is -0.368 e. The van der Waals surface area contributed by atoms with Crippen LogP contribution in [0.5, 0.6) is 0 Å². The van der Waals surface area contributed by atoms with Crippen LogP contribution in [-0.2, 0) is 4.79 Å². The van der Waals surface area contributed by atoms with Gasteiger partial charge in [-0.1, -0.05) is 42.5 Å². The van der Waals surface area contributed by atoms with Gasteiger partial charge < -0.3 is 10.6 Å². The van der Waals surface area contributed by atoms with Gasteiger partial charge in [0.15, 0.2) is 11.2 Å². The number of nitrogens with two attached hydrogens (primary N) is 1. The number of fused-ring (bicyclic) bond motifs is 3. The monoisotopic (exact) mass is 438 g/mol. The smallest absolute Gasteiger partial charge is 0.241 e. The predicted octanol–water partition coefficient (Wildman–Crippen LogP) is 3.47. The van der Waals surface area contributed by atoms with Gasteiger partial charge in [-0.2, -0.15) is 5.26 Å². The molecule has 1 saturated heterocycles. The summed E-state index contributed by atoms with van der Waals surface area (Å²) < 4.78 is 14.0. The minimum absolute atomic E-state index is 0.258. The number of hydrogen-bond acceptors (Lipinski definition) is 5. The van der Waals surface area contributed by atoms with Crippen molar-refractivity contribution in [2.24, 2.45) is 11.1 Å². The Morgan fingerprint density at radius 2 is 1.82 bits per heavy atom. The Hall–Kier alpha value is -4.31. The maximum Gasteiger partial charge on any atom is 0.241 e. The number of anilines is 1. The second kappa shape index (κ2) is 7.68. The number of nitrogens with zero attached hydrogens (tertiary/aromatic N) is 3. The number of ketones is 1. The van der Waals surface area contributed by atoms with Crippen molar-refractivity contribution in [1.82, 2.24) is 4.98 Å². The molecule has 3 aromatic rings. The number of carbonyl (C=O) groups excluding carboxylic acids is 2. The second-order valence-electron chi connectivity index (χ2n) is 8.19. The van der Waals surface area contributed by atoms with E-state index in [1.54, 1.807) is 78.0 Å². The number of benzene rings is 2. The lowest BCUT2D eigenvalue weighted by molar-refractivity contribution is -0.125. The van der Waals surface area contributed by atoms with Crippen molar-refractivity contribution in [2.45, 2.75) is 18.0 Å². The number of amides is 1. The van der Waals surface area contributed by atoms with Crippen LogP contribution in [0, 0.1) is 22.6 Å². The van der Waals surface area contributed by atoms with Crippen molar-refractivity contribution < 1.29 is 14.0 Å². The summed E-state index contributed by atoms with van der Waals surface area (Å²) in [5.41, 5.74) is 6.35. The lowest BCUT2D eigenvalue weighted by Gasteiger charge is -2.36. The van der Waals surface area contributed by atoms with E-state index in [9.17, 15) is 19.2 Å². The molecule has 1 aromatic heterocycles. The van der Waals surface area contributed by atoms with Gasteiger partial charge in [0.2, 0.25) is 5.91 Å². The summed E-state index contributed by atoms with van der Waals surface area (Å²) in [4.78, 5) is 32.8. The first kappa shape index (κ1) is 20.6. The van der Waals surface area contributed by atoms with E-state index < -0.39 is 35.1 Å². The van der Waals surface area contributed by atoms with Crippen LogP contribution in [-0.4, -0.2) is 28.8 Å². The lowest BCUT2D eigenvalue weighted by Crippen LogP contribution is -2.49. The molecule has 162 valence electrons. The number of rotatable bonds is 4. The molecule has 4 atom stereocenters. The number of carbonyl (C=O) groups is 2. The molecule has 33 heavy (non-hydrogen) atoms. The maximum absolute atomic E-state index is 14.0. The number of primary amides is 1. The van der Waals surface area contributed by atoms with Crippen molar-refractivity contribution in [3.8, 4) is 6.07 Å². The van der Waals surface area contributed by atoms with Gasteiger partial charge in [-0.3, -0.25) is 14.6 Å². The van der Waals surface area contributed by atoms with E-state index in [0.717, 1.165) is 0 Å². The molecule has 0 radical (unpaired) electrons. The predicted molar refractivity (Wildman–Crippen MR) is 120 cm³/mol. The number of nitriles is 1. The molecule has 5 rings (SSSR count). The van der Waals surface area contributed by atoms with Crippen LogP contribution < -0.4 is 10.6 Å². The molecule has 0 aliphatic carbocycles. The Labute approximate surface area is 189 Å². The highest BCUT2D eigenvalue weighted by atomic mass is 19.1. The Kier molecular flexibility index (Phi) is 4.79. The third-order valence-corrected chi connectivity index (χ3v) is 6.58. The topological polar surface area (TPSA) is 100 Å². The Bertz CT molecular complexity index is 1320. The Morgan fingerprint density at radius 1 is 1.09 bits per heavy atom. The number of aromatic nitrogens is 1. The van der Waals surface area contributed by atoms with E-state index in [1.165, 1.54) is 12.1 Å². The molecule has 0 unspecified atom stereocenters. The molecule has 0 spiro atoms. The molecule has 0 saturated carbocycles. The Morgan fingerprint density at radius 3 is 2.48 bits per heavy atom. The molecule has 6 nitrogen and oxygen atoms in total. The van der Waals surface area contributed by atoms with Gasteiger partial charge in [0.25, 0.3) is 0 Å². The van der Waals surface area contributed by atoms with Crippen LogP contribution in [0.2, 0.25) is 0 Å². The summed E-state index contributed by atoms with van der Waals surface area (Å²) in [6.45, 7) is 0. The molecule has 1 fully saturated rings. The summed E-state index contributed by atoms with van der Waals surface area (Å²) in [7, 11) is 0. The van der Waals surface area contributed by atoms with Gasteiger partial charge in [0.05, 0.1) is 12.1 Å². The van der Waals surface area contributed by atoms with Crippen LogP contribution in [0.4, 0.5) is 10.1 Å². The first-order valence-corrected chi connectivity index (χ1v) is 10.5. The van der Waals surface area contributed by atoms with E-state index >= 15 is 0 Å². The summed E-state index contributed by atoms with van der Waals surface area (Å²) in [6.07, 6.45) is 6.45. The van der Waals surface area contributed by atoms with Crippen LogP contribution in [0.3, 0.4) is 0 Å². The van der Waals surface area contributed by atoms with Gasteiger partial charge in [0.1, 0.15) is 11.9 Å². The van der Waals surface area contributed by atoms with E-state index in [-0.39, 0.29) is 5.78 Å². The standard InChI is InChI=1S/C26H19FN4O2/c27-19-7-8-20-18(14-19)6-9-21-26(15-28,25(29)33)22(16-10-12-30-13-11-16)23(31(20)21)24(32)17-4-2-1-3-5-17/h1-14,21-23H,(H2,29,33)/t21-,22-,23-,26+/m1/s1. The molecular weight excluding hydrogens is 419 g/mol. The minimum atomic E-state index is -1.74. The van der Waals surface area contributed by atoms with Crippen molar-refractivity contribution in [3.05, 3.63) is 102 Å². The fourth-order valence-electron chi connectivity index (χ4n) is 5.18. The van der Waals surface area contributed by atoms with E-state index in [4.69, 9.17) is 5.73 Å².